The molecule has 2 atom stereocenters. The van der Waals surface area contributed by atoms with Gasteiger partial charge in [-0.3, -0.25) is 9.59 Å². The SMILES string of the molecule is O=C(NC(CC(=O)N1CCOC(C(=O)O)C1)c1ccccc1)c1ccccc1. The number of carboxylic acid groups (broad SMARTS) is 1. The summed E-state index contributed by atoms with van der Waals surface area (Å²) in [6, 6.07) is 17.5. The van der Waals surface area contributed by atoms with Crippen molar-refractivity contribution in [1.82, 2.24) is 10.2 Å². The van der Waals surface area contributed by atoms with Gasteiger partial charge >= 0.3 is 5.97 Å². The Kier molecular flexibility index (Phi) is 6.39. The number of carbonyl (C=O) groups is 3. The van der Waals surface area contributed by atoms with Crippen molar-refractivity contribution in [3.63, 3.8) is 0 Å². The lowest BCUT2D eigenvalue weighted by molar-refractivity contribution is -0.159. The van der Waals surface area contributed by atoms with Crippen molar-refractivity contribution < 1.29 is 24.2 Å². The Hall–Kier alpha value is -3.19. The summed E-state index contributed by atoms with van der Waals surface area (Å²) in [7, 11) is 0. The minimum absolute atomic E-state index is 0.00229. The maximum Gasteiger partial charge on any atom is 0.334 e. The molecule has 0 aromatic heterocycles. The van der Waals surface area contributed by atoms with E-state index in [0.717, 1.165) is 5.56 Å². The van der Waals surface area contributed by atoms with E-state index >= 15 is 0 Å². The van der Waals surface area contributed by atoms with Crippen LogP contribution in [0.4, 0.5) is 0 Å². The minimum Gasteiger partial charge on any atom is -0.479 e. The molecular weight excluding hydrogens is 360 g/mol. The second kappa shape index (κ2) is 9.14. The molecule has 7 nitrogen and oxygen atoms in total. The largest absolute Gasteiger partial charge is 0.479 e. The zero-order chi connectivity index (χ0) is 19.9. The molecule has 2 aromatic carbocycles. The van der Waals surface area contributed by atoms with Crippen molar-refractivity contribution in [3.8, 4) is 0 Å². The number of amides is 2. The molecule has 146 valence electrons. The molecule has 1 saturated heterocycles. The van der Waals surface area contributed by atoms with E-state index in [2.05, 4.69) is 5.32 Å². The van der Waals surface area contributed by atoms with Crippen molar-refractivity contribution in [2.24, 2.45) is 0 Å². The highest BCUT2D eigenvalue weighted by molar-refractivity contribution is 5.94. The number of nitrogens with zero attached hydrogens (tertiary/aromatic N) is 1. The molecule has 2 N–H and O–H groups in total. The molecule has 28 heavy (non-hydrogen) atoms. The molecule has 2 unspecified atom stereocenters. The van der Waals surface area contributed by atoms with Crippen LogP contribution in [-0.4, -0.2) is 53.6 Å². The fraction of sp³-hybridized carbons (Fsp3) is 0.286. The summed E-state index contributed by atoms with van der Waals surface area (Å²) in [6.45, 7) is 0.508. The third-order valence-corrected chi connectivity index (χ3v) is 4.62. The molecule has 2 aromatic rings. The summed E-state index contributed by atoms with van der Waals surface area (Å²) in [6.07, 6.45) is -0.985. The number of nitrogens with one attached hydrogen (secondary N) is 1. The molecule has 7 heteroatoms. The lowest BCUT2D eigenvalue weighted by atomic mass is 10.0. The summed E-state index contributed by atoms with van der Waals surface area (Å²) in [5, 5.41) is 12.0. The van der Waals surface area contributed by atoms with Crippen molar-refractivity contribution >= 4 is 17.8 Å². The third kappa shape index (κ3) is 4.95. The second-order valence-electron chi connectivity index (χ2n) is 6.54. The first-order chi connectivity index (χ1) is 13.5. The van der Waals surface area contributed by atoms with E-state index in [9.17, 15) is 14.4 Å². The predicted octanol–water partition coefficient (Wildman–Crippen LogP) is 1.86. The van der Waals surface area contributed by atoms with Gasteiger partial charge in [-0.1, -0.05) is 48.5 Å². The predicted molar refractivity (Wildman–Crippen MR) is 102 cm³/mol. The topological polar surface area (TPSA) is 95.9 Å². The minimum atomic E-state index is -1.09. The Labute approximate surface area is 162 Å². The Morgan fingerprint density at radius 1 is 1.07 bits per heavy atom. The quantitative estimate of drug-likeness (QED) is 0.795. The Bertz CT molecular complexity index is 825. The van der Waals surface area contributed by atoms with Crippen LogP contribution in [-0.2, 0) is 14.3 Å². The number of ether oxygens (including phenoxy) is 1. The fourth-order valence-electron chi connectivity index (χ4n) is 3.10. The van der Waals surface area contributed by atoms with Gasteiger partial charge in [0.15, 0.2) is 6.10 Å². The van der Waals surface area contributed by atoms with Gasteiger partial charge in [0.05, 0.1) is 25.6 Å². The number of hydrogen-bond donors (Lipinski definition) is 2. The van der Waals surface area contributed by atoms with Crippen LogP contribution in [0.5, 0.6) is 0 Å². The second-order valence-corrected chi connectivity index (χ2v) is 6.54. The van der Waals surface area contributed by atoms with E-state index in [1.54, 1.807) is 24.3 Å². The maximum absolute atomic E-state index is 12.8. The fourth-order valence-corrected chi connectivity index (χ4v) is 3.10. The molecule has 1 heterocycles. The zero-order valence-corrected chi connectivity index (χ0v) is 15.3. The number of benzene rings is 2. The molecule has 0 spiro atoms. The smallest absolute Gasteiger partial charge is 0.334 e. The lowest BCUT2D eigenvalue weighted by Gasteiger charge is -2.32. The molecule has 0 bridgehead atoms. The average Bonchev–Trinajstić information content (AvgIpc) is 2.74. The van der Waals surface area contributed by atoms with Crippen LogP contribution in [0.2, 0.25) is 0 Å². The molecule has 1 aliphatic heterocycles. The van der Waals surface area contributed by atoms with Gasteiger partial charge in [0, 0.05) is 12.1 Å². The van der Waals surface area contributed by atoms with Gasteiger partial charge < -0.3 is 20.1 Å². The standard InChI is InChI=1S/C21H22N2O5/c24-19(23-11-12-28-18(14-23)21(26)27)13-17(15-7-3-1-4-8-15)22-20(25)16-9-5-2-6-10-16/h1-10,17-18H,11-14H2,(H,22,25)(H,26,27). The molecule has 3 rings (SSSR count). The number of morpholine rings is 1. The normalized spacial score (nSPS) is 17.6. The van der Waals surface area contributed by atoms with Crippen LogP contribution in [0.1, 0.15) is 28.4 Å². The van der Waals surface area contributed by atoms with Crippen molar-refractivity contribution in [2.45, 2.75) is 18.6 Å². The van der Waals surface area contributed by atoms with E-state index in [1.165, 1.54) is 4.90 Å². The zero-order valence-electron chi connectivity index (χ0n) is 15.3. The van der Waals surface area contributed by atoms with Crippen LogP contribution in [0, 0.1) is 0 Å². The summed E-state index contributed by atoms with van der Waals surface area (Å²) in [4.78, 5) is 38.0. The highest BCUT2D eigenvalue weighted by Gasteiger charge is 2.30. The van der Waals surface area contributed by atoms with Crippen LogP contribution in [0.15, 0.2) is 60.7 Å². The van der Waals surface area contributed by atoms with E-state index in [1.807, 2.05) is 36.4 Å². The highest BCUT2D eigenvalue weighted by atomic mass is 16.5. The average molecular weight is 382 g/mol. The van der Waals surface area contributed by atoms with Gasteiger partial charge in [-0.25, -0.2) is 4.79 Å². The van der Waals surface area contributed by atoms with E-state index in [-0.39, 0.29) is 31.4 Å². The van der Waals surface area contributed by atoms with Crippen LogP contribution >= 0.6 is 0 Å². The first kappa shape index (κ1) is 19.6. The van der Waals surface area contributed by atoms with Crippen LogP contribution in [0.3, 0.4) is 0 Å². The number of rotatable bonds is 6. The molecule has 0 saturated carbocycles. The van der Waals surface area contributed by atoms with Crippen LogP contribution in [0.25, 0.3) is 0 Å². The van der Waals surface area contributed by atoms with E-state index in [4.69, 9.17) is 9.84 Å². The van der Waals surface area contributed by atoms with Crippen molar-refractivity contribution in [3.05, 3.63) is 71.8 Å². The van der Waals surface area contributed by atoms with Gasteiger partial charge in [0.1, 0.15) is 0 Å². The van der Waals surface area contributed by atoms with Gasteiger partial charge in [0.2, 0.25) is 5.91 Å². The van der Waals surface area contributed by atoms with Gasteiger partial charge in [0.25, 0.3) is 5.91 Å². The van der Waals surface area contributed by atoms with E-state index < -0.39 is 18.1 Å². The summed E-state index contributed by atoms with van der Waals surface area (Å²) in [5.74, 6) is -1.58. The molecule has 0 aliphatic carbocycles. The first-order valence-electron chi connectivity index (χ1n) is 9.07. The number of carbonyl (C=O) groups excluding carboxylic acids is 2. The Morgan fingerprint density at radius 2 is 1.71 bits per heavy atom. The molecular formula is C21H22N2O5. The van der Waals surface area contributed by atoms with Gasteiger partial charge in [-0.15, -0.1) is 0 Å². The molecule has 0 radical (unpaired) electrons. The number of aliphatic carboxylic acids is 1. The summed E-state index contributed by atoms with van der Waals surface area (Å²) < 4.78 is 5.17. The molecule has 2 amide bonds. The van der Waals surface area contributed by atoms with E-state index in [0.29, 0.717) is 12.1 Å². The summed E-state index contributed by atoms with van der Waals surface area (Å²) in [5.41, 5.74) is 1.32. The monoisotopic (exact) mass is 382 g/mol. The van der Waals surface area contributed by atoms with Crippen LogP contribution < -0.4 is 5.32 Å². The first-order valence-corrected chi connectivity index (χ1v) is 9.07. The maximum atomic E-state index is 12.8. The number of carboxylic acids is 1. The molecule has 1 aliphatic rings. The number of hydrogen-bond acceptors (Lipinski definition) is 4. The van der Waals surface area contributed by atoms with Gasteiger partial charge in [-0.2, -0.15) is 0 Å². The van der Waals surface area contributed by atoms with Crippen molar-refractivity contribution in [1.29, 1.82) is 0 Å². The lowest BCUT2D eigenvalue weighted by Crippen LogP contribution is -2.49. The van der Waals surface area contributed by atoms with Crippen molar-refractivity contribution in [2.75, 3.05) is 19.7 Å². The van der Waals surface area contributed by atoms with Gasteiger partial charge in [-0.05, 0) is 17.7 Å². The summed E-state index contributed by atoms with van der Waals surface area (Å²) >= 11 is 0. The Morgan fingerprint density at radius 3 is 2.36 bits per heavy atom. The Balaban J connectivity index is 1.73. The highest BCUT2D eigenvalue weighted by Crippen LogP contribution is 2.20. The third-order valence-electron chi connectivity index (χ3n) is 4.62. The molecule has 1 fully saturated rings.